The maximum absolute atomic E-state index is 11.6. The van der Waals surface area contributed by atoms with E-state index in [4.69, 9.17) is 4.74 Å². The minimum absolute atomic E-state index is 0.244. The van der Waals surface area contributed by atoms with Gasteiger partial charge in [0, 0.05) is 6.08 Å². The number of hydrogen-bond acceptors (Lipinski definition) is 2. The molecule has 25 heavy (non-hydrogen) atoms. The number of benzene rings is 1. The van der Waals surface area contributed by atoms with Crippen molar-refractivity contribution in [2.75, 3.05) is 6.61 Å². The smallest absolute Gasteiger partial charge is 0.330 e. The van der Waals surface area contributed by atoms with E-state index in [9.17, 15) is 4.79 Å². The van der Waals surface area contributed by atoms with Gasteiger partial charge in [-0.2, -0.15) is 0 Å². The average Bonchev–Trinajstić information content (AvgIpc) is 2.64. The van der Waals surface area contributed by atoms with Crippen molar-refractivity contribution < 1.29 is 9.53 Å². The summed E-state index contributed by atoms with van der Waals surface area (Å²) in [6.45, 7) is 2.80. The highest BCUT2D eigenvalue weighted by Crippen LogP contribution is 2.12. The molecule has 0 spiro atoms. The molecular weight excluding hydrogens is 308 g/mol. The second-order valence-corrected chi connectivity index (χ2v) is 6.80. The lowest BCUT2D eigenvalue weighted by Crippen LogP contribution is -2.02. The first-order valence-corrected chi connectivity index (χ1v) is 10.2. The van der Waals surface area contributed by atoms with E-state index in [0.717, 1.165) is 18.4 Å². The van der Waals surface area contributed by atoms with Crippen molar-refractivity contribution in [3.05, 3.63) is 42.0 Å². The van der Waals surface area contributed by atoms with E-state index in [1.165, 1.54) is 70.3 Å². The third-order valence-corrected chi connectivity index (χ3v) is 4.45. The van der Waals surface area contributed by atoms with Gasteiger partial charge in [0.2, 0.25) is 0 Å². The van der Waals surface area contributed by atoms with Crippen molar-refractivity contribution in [1.29, 1.82) is 0 Å². The van der Waals surface area contributed by atoms with Crippen molar-refractivity contribution in [3.8, 4) is 0 Å². The summed E-state index contributed by atoms with van der Waals surface area (Å²) >= 11 is 0. The molecule has 0 saturated carbocycles. The lowest BCUT2D eigenvalue weighted by atomic mass is 10.1. The zero-order valence-corrected chi connectivity index (χ0v) is 16.1. The summed E-state index contributed by atoms with van der Waals surface area (Å²) in [6.07, 6.45) is 19.1. The third-order valence-electron chi connectivity index (χ3n) is 4.45. The van der Waals surface area contributed by atoms with E-state index >= 15 is 0 Å². The van der Waals surface area contributed by atoms with E-state index in [2.05, 4.69) is 6.92 Å². The van der Waals surface area contributed by atoms with Gasteiger partial charge in [0.25, 0.3) is 0 Å². The Hall–Kier alpha value is -1.57. The van der Waals surface area contributed by atoms with Crippen molar-refractivity contribution in [2.24, 2.45) is 0 Å². The molecular formula is C23H36O2. The normalized spacial score (nSPS) is 11.1. The van der Waals surface area contributed by atoms with Crippen LogP contribution >= 0.6 is 0 Å². The largest absolute Gasteiger partial charge is 0.463 e. The molecule has 0 N–H and O–H groups in total. The molecule has 0 saturated heterocycles. The molecule has 1 aromatic carbocycles. The van der Waals surface area contributed by atoms with E-state index in [1.807, 2.05) is 30.3 Å². The predicted molar refractivity (Wildman–Crippen MR) is 108 cm³/mol. The highest BCUT2D eigenvalue weighted by Gasteiger charge is 1.97. The highest BCUT2D eigenvalue weighted by molar-refractivity contribution is 5.86. The first-order chi connectivity index (χ1) is 12.3. The van der Waals surface area contributed by atoms with Gasteiger partial charge in [-0.05, 0) is 18.1 Å². The number of carbonyl (C=O) groups excluding carboxylic acids is 1. The lowest BCUT2D eigenvalue weighted by molar-refractivity contribution is -0.137. The monoisotopic (exact) mass is 344 g/mol. The molecule has 2 heteroatoms. The van der Waals surface area contributed by atoms with Crippen LogP contribution in [0.4, 0.5) is 0 Å². The van der Waals surface area contributed by atoms with E-state index in [-0.39, 0.29) is 5.97 Å². The quantitative estimate of drug-likeness (QED) is 0.195. The Labute approximate surface area is 154 Å². The second kappa shape index (κ2) is 15.9. The number of hydrogen-bond donors (Lipinski definition) is 0. The number of esters is 1. The van der Waals surface area contributed by atoms with Crippen LogP contribution in [0, 0.1) is 0 Å². The molecule has 0 aliphatic heterocycles. The van der Waals surface area contributed by atoms with Crippen LogP contribution in [0.3, 0.4) is 0 Å². The number of ether oxygens (including phenoxy) is 1. The van der Waals surface area contributed by atoms with Crippen LogP contribution in [0.15, 0.2) is 36.4 Å². The van der Waals surface area contributed by atoms with Crippen LogP contribution in [-0.4, -0.2) is 12.6 Å². The van der Waals surface area contributed by atoms with Crippen LogP contribution in [0.25, 0.3) is 6.08 Å². The Balaban J connectivity index is 1.85. The second-order valence-electron chi connectivity index (χ2n) is 6.80. The Morgan fingerprint density at radius 3 is 1.88 bits per heavy atom. The predicted octanol–water partition coefficient (Wildman–Crippen LogP) is 6.94. The molecule has 1 aromatic rings. The summed E-state index contributed by atoms with van der Waals surface area (Å²) in [5.41, 5.74) is 1.02. The summed E-state index contributed by atoms with van der Waals surface area (Å²) in [7, 11) is 0. The van der Waals surface area contributed by atoms with Gasteiger partial charge < -0.3 is 4.74 Å². The van der Waals surface area contributed by atoms with Crippen LogP contribution in [0.2, 0.25) is 0 Å². The molecule has 0 bridgehead atoms. The van der Waals surface area contributed by atoms with Gasteiger partial charge in [-0.15, -0.1) is 0 Å². The number of rotatable bonds is 15. The topological polar surface area (TPSA) is 26.3 Å². The molecule has 0 atom stereocenters. The van der Waals surface area contributed by atoms with Gasteiger partial charge in [-0.25, -0.2) is 4.79 Å². The Morgan fingerprint density at radius 1 is 0.800 bits per heavy atom. The first kappa shape index (κ1) is 21.5. The molecule has 0 amide bonds. The summed E-state index contributed by atoms with van der Waals surface area (Å²) < 4.78 is 5.23. The molecule has 0 aliphatic carbocycles. The molecule has 2 nitrogen and oxygen atoms in total. The van der Waals surface area contributed by atoms with Crippen molar-refractivity contribution in [2.45, 2.75) is 84.0 Å². The van der Waals surface area contributed by atoms with Crippen LogP contribution in [0.5, 0.6) is 0 Å². The fourth-order valence-electron chi connectivity index (χ4n) is 2.89. The first-order valence-electron chi connectivity index (χ1n) is 10.2. The molecule has 0 radical (unpaired) electrons. The van der Waals surface area contributed by atoms with E-state index in [1.54, 1.807) is 6.08 Å². The maximum atomic E-state index is 11.6. The summed E-state index contributed by atoms with van der Waals surface area (Å²) in [6, 6.07) is 9.81. The molecule has 0 aromatic heterocycles. The van der Waals surface area contributed by atoms with Gasteiger partial charge >= 0.3 is 5.97 Å². The highest BCUT2D eigenvalue weighted by atomic mass is 16.5. The lowest BCUT2D eigenvalue weighted by Gasteiger charge is -2.03. The minimum Gasteiger partial charge on any atom is -0.463 e. The molecule has 140 valence electrons. The molecule has 0 unspecified atom stereocenters. The summed E-state index contributed by atoms with van der Waals surface area (Å²) in [5.74, 6) is -0.244. The third kappa shape index (κ3) is 13.4. The standard InChI is InChI=1S/C23H36O2/c1-2-3-4-5-6-7-8-9-10-11-12-16-21-25-23(24)20-19-22-17-14-13-15-18-22/h13-15,17-20H,2-12,16,21H2,1H3/b20-19+. The maximum Gasteiger partial charge on any atom is 0.330 e. The zero-order valence-electron chi connectivity index (χ0n) is 16.1. The van der Waals surface area contributed by atoms with Crippen LogP contribution < -0.4 is 0 Å². The average molecular weight is 345 g/mol. The van der Waals surface area contributed by atoms with Crippen LogP contribution in [-0.2, 0) is 9.53 Å². The SMILES string of the molecule is CCCCCCCCCCCCCCOC(=O)/C=C/c1ccccc1. The Morgan fingerprint density at radius 2 is 1.32 bits per heavy atom. The van der Waals surface area contributed by atoms with Gasteiger partial charge in [-0.1, -0.05) is 108 Å². The van der Waals surface area contributed by atoms with Gasteiger partial charge in [-0.3, -0.25) is 0 Å². The number of unbranched alkanes of at least 4 members (excludes halogenated alkanes) is 11. The molecule has 0 heterocycles. The molecule has 0 aliphatic rings. The van der Waals surface area contributed by atoms with Gasteiger partial charge in [0.1, 0.15) is 0 Å². The fourth-order valence-corrected chi connectivity index (χ4v) is 2.89. The van der Waals surface area contributed by atoms with E-state index in [0.29, 0.717) is 6.61 Å². The van der Waals surface area contributed by atoms with Crippen LogP contribution in [0.1, 0.15) is 89.5 Å². The van der Waals surface area contributed by atoms with Crippen molar-refractivity contribution in [1.82, 2.24) is 0 Å². The molecule has 0 fully saturated rings. The zero-order chi connectivity index (χ0) is 18.0. The number of carbonyl (C=O) groups is 1. The minimum atomic E-state index is -0.244. The van der Waals surface area contributed by atoms with Crippen molar-refractivity contribution in [3.63, 3.8) is 0 Å². The van der Waals surface area contributed by atoms with E-state index < -0.39 is 0 Å². The van der Waals surface area contributed by atoms with Gasteiger partial charge in [0.15, 0.2) is 0 Å². The Kier molecular flexibility index (Phi) is 13.7. The van der Waals surface area contributed by atoms with Crippen molar-refractivity contribution >= 4 is 12.0 Å². The molecule has 1 rings (SSSR count). The Bertz CT molecular complexity index is 450. The summed E-state index contributed by atoms with van der Waals surface area (Å²) in [4.78, 5) is 11.6. The summed E-state index contributed by atoms with van der Waals surface area (Å²) in [5, 5.41) is 0. The fraction of sp³-hybridized carbons (Fsp3) is 0.609. The van der Waals surface area contributed by atoms with Gasteiger partial charge in [0.05, 0.1) is 6.61 Å².